The third-order valence-electron chi connectivity index (χ3n) is 3.36. The first-order valence-electron chi connectivity index (χ1n) is 6.60. The maximum absolute atomic E-state index is 12.5. The van der Waals surface area contributed by atoms with Gasteiger partial charge in [0.1, 0.15) is 5.82 Å². The van der Waals surface area contributed by atoms with Gasteiger partial charge in [-0.3, -0.25) is 0 Å². The quantitative estimate of drug-likeness (QED) is 0.879. The molecule has 0 fully saturated rings. The number of aromatic nitrogens is 2. The number of benzene rings is 1. The molecule has 0 spiro atoms. The van der Waals surface area contributed by atoms with Gasteiger partial charge in [-0.2, -0.15) is 0 Å². The Bertz CT molecular complexity index is 727. The van der Waals surface area contributed by atoms with Gasteiger partial charge in [0.2, 0.25) is 10.0 Å². The fourth-order valence-electron chi connectivity index (χ4n) is 2.32. The molecule has 0 aliphatic heterocycles. The fourth-order valence-corrected chi connectivity index (χ4v) is 3.75. The number of rotatable bonds is 5. The summed E-state index contributed by atoms with van der Waals surface area (Å²) in [4.78, 5) is 4.44. The second-order valence-electron chi connectivity index (χ2n) is 4.97. The van der Waals surface area contributed by atoms with E-state index in [4.69, 9.17) is 0 Å². The molecule has 1 aromatic carbocycles. The molecular weight excluding hydrogens is 288 g/mol. The van der Waals surface area contributed by atoms with Gasteiger partial charge in [0.15, 0.2) is 0 Å². The van der Waals surface area contributed by atoms with Gasteiger partial charge in [0.05, 0.1) is 11.4 Å². The van der Waals surface area contributed by atoms with Crippen LogP contribution in [0.1, 0.15) is 17.0 Å². The summed E-state index contributed by atoms with van der Waals surface area (Å²) in [6.45, 7) is 3.75. The molecule has 1 heterocycles. The molecule has 0 aliphatic carbocycles. The third-order valence-corrected chi connectivity index (χ3v) is 5.06. The van der Waals surface area contributed by atoms with Crippen molar-refractivity contribution in [2.24, 2.45) is 7.05 Å². The Hall–Kier alpha value is -1.86. The van der Waals surface area contributed by atoms with Gasteiger partial charge in [-0.05, 0) is 37.1 Å². The van der Waals surface area contributed by atoms with E-state index < -0.39 is 10.0 Å². The van der Waals surface area contributed by atoms with Crippen LogP contribution in [-0.2, 0) is 23.6 Å². The molecule has 0 unspecified atom stereocenters. The minimum Gasteiger partial charge on any atom is -0.388 e. The Morgan fingerprint density at radius 3 is 2.33 bits per heavy atom. The summed E-state index contributed by atoms with van der Waals surface area (Å²) in [5, 5.41) is 3.02. The van der Waals surface area contributed by atoms with E-state index in [2.05, 4.69) is 15.0 Å². The molecule has 2 aromatic rings. The molecule has 0 bridgehead atoms. The van der Waals surface area contributed by atoms with E-state index in [1.165, 1.54) is 0 Å². The van der Waals surface area contributed by atoms with Crippen LogP contribution in [0.3, 0.4) is 0 Å². The maximum Gasteiger partial charge on any atom is 0.241 e. The predicted octanol–water partition coefficient (Wildman–Crippen LogP) is 1.56. The van der Waals surface area contributed by atoms with Crippen LogP contribution < -0.4 is 10.0 Å². The standard InChI is InChI=1S/C14H20N4O2S/c1-10-7-12(15-3)8-11(2)14(10)21(19,20)17-9-13-16-5-6-18(13)4/h5-8,15,17H,9H2,1-4H3. The highest BCUT2D eigenvalue weighted by atomic mass is 32.2. The van der Waals surface area contributed by atoms with Crippen LogP contribution in [-0.4, -0.2) is 25.0 Å². The van der Waals surface area contributed by atoms with Crippen LogP contribution in [0.4, 0.5) is 5.69 Å². The van der Waals surface area contributed by atoms with Gasteiger partial charge in [-0.1, -0.05) is 0 Å². The number of nitrogens with zero attached hydrogens (tertiary/aromatic N) is 2. The molecular formula is C14H20N4O2S. The van der Waals surface area contributed by atoms with Gasteiger partial charge < -0.3 is 9.88 Å². The van der Waals surface area contributed by atoms with Crippen LogP contribution in [0.15, 0.2) is 29.4 Å². The lowest BCUT2D eigenvalue weighted by Crippen LogP contribution is -2.26. The Balaban J connectivity index is 2.30. The molecule has 0 atom stereocenters. The van der Waals surface area contributed by atoms with Crippen molar-refractivity contribution in [2.75, 3.05) is 12.4 Å². The van der Waals surface area contributed by atoms with Crippen LogP contribution in [0.5, 0.6) is 0 Å². The first kappa shape index (κ1) is 15.5. The highest BCUT2D eigenvalue weighted by Crippen LogP contribution is 2.24. The largest absolute Gasteiger partial charge is 0.388 e. The minimum absolute atomic E-state index is 0.165. The zero-order valence-electron chi connectivity index (χ0n) is 12.6. The number of hydrogen-bond acceptors (Lipinski definition) is 4. The number of aryl methyl sites for hydroxylation is 3. The lowest BCUT2D eigenvalue weighted by molar-refractivity contribution is 0.576. The Morgan fingerprint density at radius 2 is 1.86 bits per heavy atom. The maximum atomic E-state index is 12.5. The van der Waals surface area contributed by atoms with Gasteiger partial charge in [-0.25, -0.2) is 18.1 Å². The Kier molecular flexibility index (Phi) is 4.34. The highest BCUT2D eigenvalue weighted by molar-refractivity contribution is 7.89. The van der Waals surface area contributed by atoms with Crippen molar-refractivity contribution < 1.29 is 8.42 Å². The van der Waals surface area contributed by atoms with Crippen molar-refractivity contribution in [2.45, 2.75) is 25.3 Å². The van der Waals surface area contributed by atoms with E-state index in [0.29, 0.717) is 21.8 Å². The molecule has 114 valence electrons. The molecule has 2 N–H and O–H groups in total. The van der Waals surface area contributed by atoms with E-state index >= 15 is 0 Å². The lowest BCUT2D eigenvalue weighted by atomic mass is 10.1. The first-order valence-corrected chi connectivity index (χ1v) is 8.08. The summed E-state index contributed by atoms with van der Waals surface area (Å²) >= 11 is 0. The van der Waals surface area contributed by atoms with Crippen LogP contribution >= 0.6 is 0 Å². The molecule has 6 nitrogen and oxygen atoms in total. The molecule has 0 saturated heterocycles. The van der Waals surface area contributed by atoms with Crippen LogP contribution in [0.2, 0.25) is 0 Å². The number of nitrogens with one attached hydrogen (secondary N) is 2. The number of sulfonamides is 1. The number of imidazole rings is 1. The molecule has 0 radical (unpaired) electrons. The molecule has 2 rings (SSSR count). The molecule has 0 aliphatic rings. The van der Waals surface area contributed by atoms with Crippen LogP contribution in [0, 0.1) is 13.8 Å². The number of hydrogen-bond donors (Lipinski definition) is 2. The summed E-state index contributed by atoms with van der Waals surface area (Å²) in [6.07, 6.45) is 3.42. The molecule has 7 heteroatoms. The van der Waals surface area contributed by atoms with Crippen molar-refractivity contribution in [1.82, 2.24) is 14.3 Å². The SMILES string of the molecule is CNc1cc(C)c(S(=O)(=O)NCc2nccn2C)c(C)c1. The monoisotopic (exact) mass is 308 g/mol. The van der Waals surface area contributed by atoms with Gasteiger partial charge in [-0.15, -0.1) is 0 Å². The van der Waals surface area contributed by atoms with Crippen molar-refractivity contribution in [3.05, 3.63) is 41.5 Å². The number of anilines is 1. The van der Waals surface area contributed by atoms with E-state index in [1.54, 1.807) is 30.8 Å². The molecule has 1 aromatic heterocycles. The average Bonchev–Trinajstić information content (AvgIpc) is 2.80. The minimum atomic E-state index is -3.57. The Labute approximate surface area is 125 Å². The van der Waals surface area contributed by atoms with E-state index in [1.807, 2.05) is 26.2 Å². The van der Waals surface area contributed by atoms with E-state index in [-0.39, 0.29) is 6.54 Å². The summed E-state index contributed by atoms with van der Waals surface area (Å²) < 4.78 is 29.4. The van der Waals surface area contributed by atoms with Crippen molar-refractivity contribution in [3.8, 4) is 0 Å². The zero-order chi connectivity index (χ0) is 15.6. The lowest BCUT2D eigenvalue weighted by Gasteiger charge is -2.14. The average molecular weight is 308 g/mol. The van der Waals surface area contributed by atoms with E-state index in [9.17, 15) is 8.42 Å². The van der Waals surface area contributed by atoms with Gasteiger partial charge in [0.25, 0.3) is 0 Å². The third kappa shape index (κ3) is 3.25. The van der Waals surface area contributed by atoms with E-state index in [0.717, 1.165) is 5.69 Å². The Morgan fingerprint density at radius 1 is 1.24 bits per heavy atom. The fraction of sp³-hybridized carbons (Fsp3) is 0.357. The first-order chi connectivity index (χ1) is 9.85. The normalized spacial score (nSPS) is 11.6. The smallest absolute Gasteiger partial charge is 0.241 e. The second kappa shape index (κ2) is 5.87. The van der Waals surface area contributed by atoms with Gasteiger partial charge in [0, 0.05) is 32.2 Å². The summed E-state index contributed by atoms with van der Waals surface area (Å²) in [5.74, 6) is 0.667. The molecule has 21 heavy (non-hydrogen) atoms. The summed E-state index contributed by atoms with van der Waals surface area (Å²) in [5.41, 5.74) is 2.33. The van der Waals surface area contributed by atoms with Crippen molar-refractivity contribution in [1.29, 1.82) is 0 Å². The summed E-state index contributed by atoms with van der Waals surface area (Å²) in [7, 11) is 0.0649. The summed E-state index contributed by atoms with van der Waals surface area (Å²) in [6, 6.07) is 3.64. The van der Waals surface area contributed by atoms with Crippen LogP contribution in [0.25, 0.3) is 0 Å². The topological polar surface area (TPSA) is 76.0 Å². The molecule has 0 amide bonds. The van der Waals surface area contributed by atoms with Crippen molar-refractivity contribution >= 4 is 15.7 Å². The highest BCUT2D eigenvalue weighted by Gasteiger charge is 2.20. The molecule has 0 saturated carbocycles. The second-order valence-corrected chi connectivity index (χ2v) is 6.67. The van der Waals surface area contributed by atoms with Gasteiger partial charge >= 0.3 is 0 Å². The zero-order valence-corrected chi connectivity index (χ0v) is 13.5. The van der Waals surface area contributed by atoms with Crippen molar-refractivity contribution in [3.63, 3.8) is 0 Å². The predicted molar refractivity (Wildman–Crippen MR) is 82.7 cm³/mol.